The number of ether oxygens (including phenoxy) is 2. The summed E-state index contributed by atoms with van der Waals surface area (Å²) in [5, 5.41) is 11.5. The van der Waals surface area contributed by atoms with Gasteiger partial charge in [-0.2, -0.15) is 0 Å². The van der Waals surface area contributed by atoms with Gasteiger partial charge in [0.15, 0.2) is 5.78 Å². The molecule has 1 saturated heterocycles. The maximum absolute atomic E-state index is 13.8. The highest BCUT2D eigenvalue weighted by molar-refractivity contribution is 8.01. The Morgan fingerprint density at radius 1 is 1.13 bits per heavy atom. The first-order chi connectivity index (χ1) is 14.4. The Morgan fingerprint density at radius 2 is 1.83 bits per heavy atom. The van der Waals surface area contributed by atoms with Crippen molar-refractivity contribution in [1.29, 1.82) is 0 Å². The average Bonchev–Trinajstić information content (AvgIpc) is 2.73. The highest BCUT2D eigenvalue weighted by Gasteiger charge is 2.48. The van der Waals surface area contributed by atoms with E-state index in [-0.39, 0.29) is 23.8 Å². The number of carbonyl (C=O) groups is 1. The van der Waals surface area contributed by atoms with E-state index in [1.54, 1.807) is 13.0 Å². The van der Waals surface area contributed by atoms with Crippen LogP contribution in [0.4, 0.5) is 5.69 Å². The molecule has 0 bridgehead atoms. The van der Waals surface area contributed by atoms with Gasteiger partial charge in [0.05, 0.1) is 23.7 Å². The highest BCUT2D eigenvalue weighted by atomic mass is 32.2. The first-order valence-electron chi connectivity index (χ1n) is 9.90. The second-order valence-corrected chi connectivity index (χ2v) is 9.29. The lowest BCUT2D eigenvalue weighted by Gasteiger charge is -2.40. The van der Waals surface area contributed by atoms with Crippen molar-refractivity contribution < 1.29 is 19.2 Å². The monoisotopic (exact) mass is 428 g/mol. The maximum Gasteiger partial charge on any atom is 0.311 e. The largest absolute Gasteiger partial charge is 0.484 e. The van der Waals surface area contributed by atoms with E-state index in [4.69, 9.17) is 9.47 Å². The number of aryl methyl sites for hydroxylation is 2. The van der Waals surface area contributed by atoms with Crippen LogP contribution in [0.25, 0.3) is 0 Å². The number of morpholine rings is 1. The number of nitrogens with zero attached hydrogens (tertiary/aromatic N) is 2. The molecule has 1 fully saturated rings. The summed E-state index contributed by atoms with van der Waals surface area (Å²) < 4.78 is 10.5. The van der Waals surface area contributed by atoms with E-state index in [1.165, 1.54) is 17.8 Å². The van der Waals surface area contributed by atoms with Crippen molar-refractivity contribution in [2.24, 2.45) is 0 Å². The van der Waals surface area contributed by atoms with E-state index in [1.807, 2.05) is 31.2 Å². The molecule has 0 spiro atoms. The van der Waals surface area contributed by atoms with Crippen molar-refractivity contribution in [3.63, 3.8) is 0 Å². The number of hydrogen-bond acceptors (Lipinski definition) is 7. The molecule has 0 radical (unpaired) electrons. The lowest BCUT2D eigenvalue weighted by Crippen LogP contribution is -2.54. The predicted octanol–water partition coefficient (Wildman–Crippen LogP) is 3.65. The van der Waals surface area contributed by atoms with Gasteiger partial charge in [-0.1, -0.05) is 17.7 Å². The van der Waals surface area contributed by atoms with Gasteiger partial charge in [-0.3, -0.25) is 19.8 Å². The summed E-state index contributed by atoms with van der Waals surface area (Å²) in [5.41, 5.74) is 1.95. The fourth-order valence-corrected chi connectivity index (χ4v) is 5.18. The molecule has 30 heavy (non-hydrogen) atoms. The van der Waals surface area contributed by atoms with E-state index in [0.717, 1.165) is 23.5 Å². The van der Waals surface area contributed by atoms with E-state index >= 15 is 0 Å². The summed E-state index contributed by atoms with van der Waals surface area (Å²) in [4.78, 5) is 28.0. The van der Waals surface area contributed by atoms with Crippen LogP contribution in [0.3, 0.4) is 0 Å². The van der Waals surface area contributed by atoms with Gasteiger partial charge >= 0.3 is 5.69 Å². The van der Waals surface area contributed by atoms with Gasteiger partial charge < -0.3 is 9.47 Å². The minimum Gasteiger partial charge on any atom is -0.484 e. The smallest absolute Gasteiger partial charge is 0.311 e. The van der Waals surface area contributed by atoms with Crippen molar-refractivity contribution in [3.05, 3.63) is 63.2 Å². The van der Waals surface area contributed by atoms with E-state index in [9.17, 15) is 14.9 Å². The molecule has 2 aliphatic rings. The standard InChI is InChI=1S/C22H24N2O5S/c1-15-3-5-17(6-4-15)30-22(13-23-7-9-28-10-8-23)14-29-20-18(21(22)25)11-16(2)12-19(20)24(26)27/h3-6,11-12H,7-10,13-14H2,1-2H3/t22-/m1/s1. The number of carbonyl (C=O) groups excluding carboxylic acids is 1. The van der Waals surface area contributed by atoms with E-state index < -0.39 is 9.67 Å². The van der Waals surface area contributed by atoms with Crippen molar-refractivity contribution in [3.8, 4) is 5.75 Å². The van der Waals surface area contributed by atoms with Crippen LogP contribution in [-0.2, 0) is 4.74 Å². The Bertz CT molecular complexity index is 972. The summed E-state index contributed by atoms with van der Waals surface area (Å²) in [6.45, 7) is 7.09. The molecule has 2 heterocycles. The average molecular weight is 429 g/mol. The van der Waals surface area contributed by atoms with E-state index in [2.05, 4.69) is 4.90 Å². The molecule has 2 aromatic carbocycles. The highest BCUT2D eigenvalue weighted by Crippen LogP contribution is 2.45. The number of thioether (sulfide) groups is 1. The predicted molar refractivity (Wildman–Crippen MR) is 115 cm³/mol. The van der Waals surface area contributed by atoms with Crippen LogP contribution in [0.2, 0.25) is 0 Å². The minimum absolute atomic E-state index is 0.0812. The molecule has 1 atom stereocenters. The molecule has 0 unspecified atom stereocenters. The molecule has 2 aromatic rings. The van der Waals surface area contributed by atoms with Gasteiger partial charge in [-0.25, -0.2) is 0 Å². The normalized spacial score (nSPS) is 21.7. The van der Waals surface area contributed by atoms with Crippen LogP contribution in [0.15, 0.2) is 41.3 Å². The number of nitro groups is 1. The summed E-state index contributed by atoms with van der Waals surface area (Å²) in [7, 11) is 0. The van der Waals surface area contributed by atoms with Gasteiger partial charge in [0.1, 0.15) is 11.4 Å². The minimum atomic E-state index is -0.888. The molecular weight excluding hydrogens is 404 g/mol. The number of Topliss-reactive ketones (excluding diaryl/α,β-unsaturated/α-hetero) is 1. The number of hydrogen-bond donors (Lipinski definition) is 0. The van der Waals surface area contributed by atoms with Crippen molar-refractivity contribution in [1.82, 2.24) is 4.90 Å². The molecular formula is C22H24N2O5S. The van der Waals surface area contributed by atoms with Crippen molar-refractivity contribution in [2.75, 3.05) is 39.5 Å². The second kappa shape index (κ2) is 8.37. The summed E-state index contributed by atoms with van der Waals surface area (Å²) in [5.74, 6) is -0.0367. The molecule has 0 aliphatic carbocycles. The first kappa shape index (κ1) is 20.8. The van der Waals surface area contributed by atoms with Gasteiger partial charge in [0.25, 0.3) is 0 Å². The summed E-state index contributed by atoms with van der Waals surface area (Å²) in [6, 6.07) is 11.2. The van der Waals surface area contributed by atoms with Gasteiger partial charge in [-0.05, 0) is 37.6 Å². The molecule has 0 saturated carbocycles. The Balaban J connectivity index is 1.75. The van der Waals surface area contributed by atoms with Crippen LogP contribution in [0.1, 0.15) is 21.5 Å². The summed E-state index contributed by atoms with van der Waals surface area (Å²) >= 11 is 1.48. The number of fused-ring (bicyclic) bond motifs is 1. The molecule has 7 nitrogen and oxygen atoms in total. The lowest BCUT2D eigenvalue weighted by atomic mass is 9.91. The number of nitro benzene ring substituents is 1. The lowest BCUT2D eigenvalue weighted by molar-refractivity contribution is -0.386. The zero-order valence-corrected chi connectivity index (χ0v) is 17.9. The molecule has 158 valence electrons. The van der Waals surface area contributed by atoms with Crippen LogP contribution in [0.5, 0.6) is 5.75 Å². The van der Waals surface area contributed by atoms with Crippen LogP contribution >= 0.6 is 11.8 Å². The van der Waals surface area contributed by atoms with Crippen molar-refractivity contribution >= 4 is 23.2 Å². The first-order valence-corrected chi connectivity index (χ1v) is 10.7. The molecule has 0 aromatic heterocycles. The Hall–Kier alpha value is -2.42. The zero-order chi connectivity index (χ0) is 21.3. The third kappa shape index (κ3) is 4.08. The molecule has 0 N–H and O–H groups in total. The topological polar surface area (TPSA) is 81.9 Å². The van der Waals surface area contributed by atoms with Crippen LogP contribution in [-0.4, -0.2) is 59.8 Å². The Morgan fingerprint density at radius 3 is 2.50 bits per heavy atom. The quantitative estimate of drug-likeness (QED) is 0.531. The second-order valence-electron chi connectivity index (χ2n) is 7.83. The Kier molecular flexibility index (Phi) is 5.81. The van der Waals surface area contributed by atoms with Crippen molar-refractivity contribution in [2.45, 2.75) is 23.5 Å². The SMILES string of the molecule is Cc1ccc(S[C@]2(CN3CCOCC3)COc3c(cc(C)cc3[N+](=O)[O-])C2=O)cc1. The molecule has 8 heteroatoms. The zero-order valence-electron chi connectivity index (χ0n) is 17.1. The van der Waals surface area contributed by atoms with Crippen LogP contribution < -0.4 is 4.74 Å². The number of rotatable bonds is 5. The molecule has 4 rings (SSSR count). The van der Waals surface area contributed by atoms with Gasteiger partial charge in [0, 0.05) is 30.6 Å². The van der Waals surface area contributed by atoms with Crippen LogP contribution in [0, 0.1) is 24.0 Å². The van der Waals surface area contributed by atoms with Gasteiger partial charge in [0.2, 0.25) is 5.75 Å². The van der Waals surface area contributed by atoms with Gasteiger partial charge in [-0.15, -0.1) is 11.8 Å². The number of ketones is 1. The third-order valence-electron chi connectivity index (χ3n) is 5.44. The third-order valence-corrected chi connectivity index (χ3v) is 6.77. The number of benzene rings is 2. The fraction of sp³-hybridized carbons (Fsp3) is 0.409. The molecule has 0 amide bonds. The summed E-state index contributed by atoms with van der Waals surface area (Å²) in [6.07, 6.45) is 0. The van der Waals surface area contributed by atoms with E-state index in [0.29, 0.717) is 30.9 Å². The maximum atomic E-state index is 13.8. The Labute approximate surface area is 179 Å². The fourth-order valence-electron chi connectivity index (χ4n) is 3.89. The molecule has 2 aliphatic heterocycles.